The van der Waals surface area contributed by atoms with Crippen LogP contribution < -0.4 is 5.01 Å². The van der Waals surface area contributed by atoms with Crippen LogP contribution in [0.1, 0.15) is 36.8 Å². The number of carbonyl (C=O) groups is 2. The topological polar surface area (TPSA) is 71.4 Å². The van der Waals surface area contributed by atoms with Gasteiger partial charge in [-0.05, 0) is 31.0 Å². The number of carbonyl (C=O) groups excluding carboxylic acids is 2. The number of hydrazone groups is 1. The molecule has 7 heteroatoms. The molecule has 3 aliphatic rings. The van der Waals surface area contributed by atoms with E-state index in [1.165, 1.54) is 5.01 Å². The summed E-state index contributed by atoms with van der Waals surface area (Å²) in [5.41, 5.74) is 3.20. The van der Waals surface area contributed by atoms with Crippen LogP contribution in [-0.2, 0) is 19.1 Å². The van der Waals surface area contributed by atoms with Crippen LogP contribution in [0.5, 0.6) is 0 Å². The number of rotatable bonds is 2. The maximum absolute atomic E-state index is 13.0. The van der Waals surface area contributed by atoms with Gasteiger partial charge in [0.05, 0.1) is 18.9 Å². The summed E-state index contributed by atoms with van der Waals surface area (Å²) in [4.78, 5) is 27.2. The number of amides is 2. The van der Waals surface area contributed by atoms with Gasteiger partial charge in [-0.3, -0.25) is 9.59 Å². The molecule has 0 saturated carbocycles. The number of likely N-dealkylation sites (tertiary alicyclic amines) is 1. The van der Waals surface area contributed by atoms with Gasteiger partial charge in [-0.15, -0.1) is 0 Å². The van der Waals surface area contributed by atoms with Crippen molar-refractivity contribution in [2.75, 3.05) is 31.3 Å². The van der Waals surface area contributed by atoms with E-state index in [1.807, 2.05) is 32.0 Å². The third-order valence-electron chi connectivity index (χ3n) is 5.50. The van der Waals surface area contributed by atoms with E-state index >= 15 is 0 Å². The minimum absolute atomic E-state index is 0.0781. The van der Waals surface area contributed by atoms with Crippen LogP contribution in [0.3, 0.4) is 0 Å². The molecule has 0 aliphatic carbocycles. The van der Waals surface area contributed by atoms with E-state index in [-0.39, 0.29) is 11.8 Å². The van der Waals surface area contributed by atoms with Crippen molar-refractivity contribution in [3.8, 4) is 0 Å². The quantitative estimate of drug-likeness (QED) is 0.799. The maximum atomic E-state index is 13.0. The Morgan fingerprint density at radius 2 is 1.81 bits per heavy atom. The molecule has 2 saturated heterocycles. The Labute approximate surface area is 158 Å². The second-order valence-corrected chi connectivity index (χ2v) is 7.44. The van der Waals surface area contributed by atoms with Crippen LogP contribution in [0.15, 0.2) is 23.3 Å². The number of hydrogen-bond acceptors (Lipinski definition) is 5. The summed E-state index contributed by atoms with van der Waals surface area (Å²) in [6.07, 6.45) is 2.02. The number of aryl methyl sites for hydroxylation is 2. The Morgan fingerprint density at radius 1 is 1.11 bits per heavy atom. The van der Waals surface area contributed by atoms with E-state index in [9.17, 15) is 9.59 Å². The van der Waals surface area contributed by atoms with Crippen molar-refractivity contribution in [3.63, 3.8) is 0 Å². The SMILES string of the molecule is Cc1ccc(C)c(N2N=C(C(=O)N3CCC4(CC3)OCCO4)CCC2=O)c1. The molecule has 7 nitrogen and oxygen atoms in total. The highest BCUT2D eigenvalue weighted by atomic mass is 16.7. The number of nitrogens with zero attached hydrogens (tertiary/aromatic N) is 3. The van der Waals surface area contributed by atoms with Crippen molar-refractivity contribution in [3.05, 3.63) is 29.3 Å². The average molecular weight is 371 g/mol. The number of benzene rings is 1. The molecule has 27 heavy (non-hydrogen) atoms. The van der Waals surface area contributed by atoms with Crippen LogP contribution in [0, 0.1) is 13.8 Å². The molecule has 3 heterocycles. The maximum Gasteiger partial charge on any atom is 0.270 e. The van der Waals surface area contributed by atoms with Gasteiger partial charge >= 0.3 is 0 Å². The van der Waals surface area contributed by atoms with E-state index in [0.717, 1.165) is 16.8 Å². The van der Waals surface area contributed by atoms with Crippen LogP contribution in [0.4, 0.5) is 5.69 Å². The summed E-state index contributed by atoms with van der Waals surface area (Å²) in [6, 6.07) is 5.90. The van der Waals surface area contributed by atoms with Gasteiger partial charge in [0.25, 0.3) is 5.91 Å². The first-order valence-electron chi connectivity index (χ1n) is 9.52. The summed E-state index contributed by atoms with van der Waals surface area (Å²) in [5.74, 6) is -0.678. The summed E-state index contributed by atoms with van der Waals surface area (Å²) < 4.78 is 11.4. The largest absolute Gasteiger partial charge is 0.347 e. The second-order valence-electron chi connectivity index (χ2n) is 7.44. The summed E-state index contributed by atoms with van der Waals surface area (Å²) >= 11 is 0. The standard InChI is InChI=1S/C20H25N3O4/c1-14-3-4-15(2)17(13-14)23-18(24)6-5-16(21-23)19(25)22-9-7-20(8-10-22)26-11-12-27-20/h3-4,13H,5-12H2,1-2H3. The Hall–Kier alpha value is -2.25. The molecule has 0 N–H and O–H groups in total. The van der Waals surface area contributed by atoms with E-state index in [1.54, 1.807) is 4.90 Å². The molecular weight excluding hydrogens is 346 g/mol. The average Bonchev–Trinajstić information content (AvgIpc) is 3.12. The van der Waals surface area contributed by atoms with Gasteiger partial charge in [0.2, 0.25) is 5.91 Å². The van der Waals surface area contributed by atoms with Crippen LogP contribution in [0.25, 0.3) is 0 Å². The monoisotopic (exact) mass is 371 g/mol. The normalized spacial score (nSPS) is 22.3. The van der Waals surface area contributed by atoms with Gasteiger partial charge < -0.3 is 14.4 Å². The van der Waals surface area contributed by atoms with Crippen LogP contribution in [-0.4, -0.2) is 54.5 Å². The fourth-order valence-electron chi connectivity index (χ4n) is 3.86. The van der Waals surface area contributed by atoms with E-state index < -0.39 is 5.79 Å². The molecule has 1 aromatic carbocycles. The zero-order valence-electron chi connectivity index (χ0n) is 15.9. The molecule has 3 aliphatic heterocycles. The van der Waals surface area contributed by atoms with Crippen LogP contribution in [0.2, 0.25) is 0 Å². The second kappa shape index (κ2) is 7.05. The Kier molecular flexibility index (Phi) is 4.74. The predicted octanol–water partition coefficient (Wildman–Crippen LogP) is 2.15. The third kappa shape index (κ3) is 3.49. The van der Waals surface area contributed by atoms with Gasteiger partial charge in [0, 0.05) is 38.8 Å². The van der Waals surface area contributed by atoms with Crippen molar-refractivity contribution in [2.45, 2.75) is 45.3 Å². The molecule has 2 amide bonds. The lowest BCUT2D eigenvalue weighted by molar-refractivity contribution is -0.186. The van der Waals surface area contributed by atoms with Crippen molar-refractivity contribution in [2.24, 2.45) is 5.10 Å². The van der Waals surface area contributed by atoms with Gasteiger partial charge in [-0.1, -0.05) is 12.1 Å². The highest BCUT2D eigenvalue weighted by Crippen LogP contribution is 2.32. The van der Waals surface area contributed by atoms with Gasteiger partial charge in [0.1, 0.15) is 5.71 Å². The Bertz CT molecular complexity index is 788. The fourth-order valence-corrected chi connectivity index (χ4v) is 3.86. The first-order valence-corrected chi connectivity index (χ1v) is 9.52. The molecule has 0 radical (unpaired) electrons. The van der Waals surface area contributed by atoms with Crippen molar-refractivity contribution in [1.29, 1.82) is 0 Å². The first kappa shape index (κ1) is 18.1. The van der Waals surface area contributed by atoms with Gasteiger partial charge in [0.15, 0.2) is 5.79 Å². The molecule has 0 unspecified atom stereocenters. The van der Waals surface area contributed by atoms with Crippen LogP contribution >= 0.6 is 0 Å². The summed E-state index contributed by atoms with van der Waals surface area (Å²) in [7, 11) is 0. The highest BCUT2D eigenvalue weighted by Gasteiger charge is 2.41. The highest BCUT2D eigenvalue weighted by molar-refractivity contribution is 6.40. The number of anilines is 1. The Morgan fingerprint density at radius 3 is 2.52 bits per heavy atom. The smallest absolute Gasteiger partial charge is 0.270 e. The molecule has 0 atom stereocenters. The van der Waals surface area contributed by atoms with Gasteiger partial charge in [-0.25, -0.2) is 5.01 Å². The summed E-state index contributed by atoms with van der Waals surface area (Å²) in [5, 5.41) is 5.84. The van der Waals surface area contributed by atoms with Crippen molar-refractivity contribution in [1.82, 2.24) is 4.90 Å². The molecule has 4 rings (SSSR count). The third-order valence-corrected chi connectivity index (χ3v) is 5.50. The summed E-state index contributed by atoms with van der Waals surface area (Å²) in [6.45, 7) is 6.31. The molecule has 1 aromatic rings. The molecule has 0 aromatic heterocycles. The van der Waals surface area contributed by atoms with Crippen molar-refractivity contribution >= 4 is 23.2 Å². The molecular formula is C20H25N3O4. The minimum atomic E-state index is -0.508. The van der Waals surface area contributed by atoms with Crippen molar-refractivity contribution < 1.29 is 19.1 Å². The number of ether oxygens (including phenoxy) is 2. The molecule has 0 bridgehead atoms. The van der Waals surface area contributed by atoms with E-state index in [2.05, 4.69) is 5.10 Å². The minimum Gasteiger partial charge on any atom is -0.347 e. The fraction of sp³-hybridized carbons (Fsp3) is 0.550. The lowest BCUT2D eigenvalue weighted by atomic mass is 10.0. The Balaban J connectivity index is 1.52. The predicted molar refractivity (Wildman–Crippen MR) is 101 cm³/mol. The lowest BCUT2D eigenvalue weighted by Crippen LogP contribution is -2.50. The van der Waals surface area contributed by atoms with E-state index in [0.29, 0.717) is 57.7 Å². The zero-order valence-corrected chi connectivity index (χ0v) is 15.9. The van der Waals surface area contributed by atoms with E-state index in [4.69, 9.17) is 9.47 Å². The zero-order chi connectivity index (χ0) is 19.0. The first-order chi connectivity index (χ1) is 13.0. The number of hydrogen-bond donors (Lipinski definition) is 0. The number of piperidine rings is 1. The van der Waals surface area contributed by atoms with Gasteiger partial charge in [-0.2, -0.15) is 5.10 Å². The lowest BCUT2D eigenvalue weighted by Gasteiger charge is -2.38. The molecule has 1 spiro atoms. The molecule has 2 fully saturated rings. The molecule has 144 valence electrons.